The minimum atomic E-state index is -0.0986. The molecule has 5 heteroatoms. The van der Waals surface area contributed by atoms with E-state index in [1.54, 1.807) is 6.07 Å². The first kappa shape index (κ1) is 15.4. The average Bonchev–Trinajstić information content (AvgIpc) is 3.00. The van der Waals surface area contributed by atoms with Crippen molar-refractivity contribution in [3.8, 4) is 0 Å². The summed E-state index contributed by atoms with van der Waals surface area (Å²) in [5.41, 5.74) is 1.81. The predicted molar refractivity (Wildman–Crippen MR) is 93.3 cm³/mol. The Morgan fingerprint density at radius 1 is 1.18 bits per heavy atom. The second-order valence-electron chi connectivity index (χ2n) is 5.31. The number of amides is 2. The summed E-state index contributed by atoms with van der Waals surface area (Å²) in [5.74, 6) is 0. The molecule has 1 aliphatic rings. The van der Waals surface area contributed by atoms with Crippen molar-refractivity contribution >= 4 is 39.2 Å². The van der Waals surface area contributed by atoms with Crippen molar-refractivity contribution in [2.24, 2.45) is 0 Å². The quantitative estimate of drug-likeness (QED) is 0.737. The van der Waals surface area contributed by atoms with Crippen LogP contribution in [0.3, 0.4) is 0 Å². The van der Waals surface area contributed by atoms with Crippen LogP contribution in [0.1, 0.15) is 24.4 Å². The summed E-state index contributed by atoms with van der Waals surface area (Å²) in [7, 11) is 0. The van der Waals surface area contributed by atoms with Crippen molar-refractivity contribution in [3.05, 3.63) is 63.6 Å². The maximum absolute atomic E-state index is 12.6. The van der Waals surface area contributed by atoms with Gasteiger partial charge < -0.3 is 10.2 Å². The zero-order chi connectivity index (χ0) is 15.5. The van der Waals surface area contributed by atoms with E-state index in [4.69, 9.17) is 11.6 Å². The lowest BCUT2D eigenvalue weighted by Gasteiger charge is -2.25. The topological polar surface area (TPSA) is 32.3 Å². The second-order valence-corrected chi connectivity index (χ2v) is 6.64. The molecule has 2 amide bonds. The molecule has 0 bridgehead atoms. The third-order valence-electron chi connectivity index (χ3n) is 3.88. The van der Waals surface area contributed by atoms with Gasteiger partial charge >= 0.3 is 6.03 Å². The number of carbonyl (C=O) groups excluding carboxylic acids is 1. The zero-order valence-corrected chi connectivity index (χ0v) is 14.3. The maximum atomic E-state index is 12.6. The standard InChI is InChI=1S/C17H16BrClN2O/c18-13-9-7-12(8-10-13)16-6-3-11-21(16)17(22)20-15-5-2-1-4-14(15)19/h1-2,4-5,7-10,16H,3,6,11H2,(H,20,22). The average molecular weight is 380 g/mol. The van der Waals surface area contributed by atoms with Gasteiger partial charge in [-0.3, -0.25) is 0 Å². The van der Waals surface area contributed by atoms with Gasteiger partial charge in [0.05, 0.1) is 16.8 Å². The van der Waals surface area contributed by atoms with Gasteiger partial charge in [-0.05, 0) is 42.7 Å². The Bertz CT molecular complexity index is 675. The Morgan fingerprint density at radius 2 is 1.91 bits per heavy atom. The predicted octanol–water partition coefficient (Wildman–Crippen LogP) is 5.47. The van der Waals surface area contributed by atoms with Crippen LogP contribution in [-0.4, -0.2) is 17.5 Å². The van der Waals surface area contributed by atoms with E-state index in [0.717, 1.165) is 29.4 Å². The van der Waals surface area contributed by atoms with Gasteiger partial charge in [-0.25, -0.2) is 4.79 Å². The molecule has 1 heterocycles. The summed E-state index contributed by atoms with van der Waals surface area (Å²) in [5, 5.41) is 3.46. The molecule has 3 nitrogen and oxygen atoms in total. The molecule has 2 aromatic rings. The lowest BCUT2D eigenvalue weighted by atomic mass is 10.1. The Labute approximate surface area is 143 Å². The highest BCUT2D eigenvalue weighted by molar-refractivity contribution is 9.10. The van der Waals surface area contributed by atoms with Gasteiger partial charge in [0, 0.05) is 11.0 Å². The summed E-state index contributed by atoms with van der Waals surface area (Å²) >= 11 is 9.55. The van der Waals surface area contributed by atoms with Gasteiger partial charge in [0.15, 0.2) is 0 Å². The van der Waals surface area contributed by atoms with Crippen molar-refractivity contribution in [1.82, 2.24) is 4.90 Å². The Hall–Kier alpha value is -1.52. The first-order valence-corrected chi connectivity index (χ1v) is 8.40. The molecular formula is C17H16BrClN2O. The number of likely N-dealkylation sites (tertiary alicyclic amines) is 1. The first-order valence-electron chi connectivity index (χ1n) is 7.23. The molecule has 1 aliphatic heterocycles. The van der Waals surface area contributed by atoms with Crippen molar-refractivity contribution < 1.29 is 4.79 Å². The van der Waals surface area contributed by atoms with Crippen molar-refractivity contribution in [2.75, 3.05) is 11.9 Å². The third kappa shape index (κ3) is 3.28. The molecule has 2 aromatic carbocycles. The van der Waals surface area contributed by atoms with Crippen LogP contribution in [-0.2, 0) is 0 Å². The van der Waals surface area contributed by atoms with E-state index in [9.17, 15) is 4.79 Å². The van der Waals surface area contributed by atoms with Crippen LogP contribution in [0.4, 0.5) is 10.5 Å². The fraction of sp³-hybridized carbons (Fsp3) is 0.235. The SMILES string of the molecule is O=C(Nc1ccccc1Cl)N1CCCC1c1ccc(Br)cc1. The molecule has 0 aliphatic carbocycles. The van der Waals surface area contributed by atoms with Crippen molar-refractivity contribution in [3.63, 3.8) is 0 Å². The van der Waals surface area contributed by atoms with E-state index in [2.05, 4.69) is 33.4 Å². The van der Waals surface area contributed by atoms with Gasteiger partial charge in [0.25, 0.3) is 0 Å². The molecule has 1 atom stereocenters. The molecule has 1 N–H and O–H groups in total. The number of benzene rings is 2. The van der Waals surface area contributed by atoms with E-state index in [1.165, 1.54) is 0 Å². The number of hydrogen-bond acceptors (Lipinski definition) is 1. The van der Waals surface area contributed by atoms with Gasteiger partial charge in [-0.1, -0.05) is 51.8 Å². The highest BCUT2D eigenvalue weighted by Gasteiger charge is 2.30. The number of nitrogens with one attached hydrogen (secondary N) is 1. The maximum Gasteiger partial charge on any atom is 0.322 e. The number of rotatable bonds is 2. The van der Waals surface area contributed by atoms with E-state index in [1.807, 2.05) is 35.2 Å². The summed E-state index contributed by atoms with van der Waals surface area (Å²) < 4.78 is 1.04. The van der Waals surface area contributed by atoms with Crippen molar-refractivity contribution in [1.29, 1.82) is 0 Å². The molecule has 0 spiro atoms. The number of nitrogens with zero attached hydrogens (tertiary/aromatic N) is 1. The Balaban J connectivity index is 1.76. The number of halogens is 2. The molecule has 1 fully saturated rings. The van der Waals surface area contributed by atoms with Crippen LogP contribution >= 0.6 is 27.5 Å². The summed E-state index contributed by atoms with van der Waals surface area (Å²) in [6, 6.07) is 15.5. The monoisotopic (exact) mass is 378 g/mol. The van der Waals surface area contributed by atoms with Gasteiger partial charge in [-0.15, -0.1) is 0 Å². The van der Waals surface area contributed by atoms with E-state index in [-0.39, 0.29) is 12.1 Å². The highest BCUT2D eigenvalue weighted by Crippen LogP contribution is 2.33. The second kappa shape index (κ2) is 6.71. The van der Waals surface area contributed by atoms with Crippen LogP contribution in [0.5, 0.6) is 0 Å². The Kier molecular flexibility index (Phi) is 4.69. The minimum Gasteiger partial charge on any atom is -0.317 e. The summed E-state index contributed by atoms with van der Waals surface area (Å²) in [4.78, 5) is 14.4. The van der Waals surface area contributed by atoms with Crippen LogP contribution in [0, 0.1) is 0 Å². The molecule has 0 saturated carbocycles. The fourth-order valence-electron chi connectivity index (χ4n) is 2.79. The normalized spacial score (nSPS) is 17.5. The lowest BCUT2D eigenvalue weighted by molar-refractivity contribution is 0.207. The van der Waals surface area contributed by atoms with Crippen LogP contribution in [0.2, 0.25) is 5.02 Å². The summed E-state index contributed by atoms with van der Waals surface area (Å²) in [6.45, 7) is 0.761. The van der Waals surface area contributed by atoms with Gasteiger partial charge in [0.1, 0.15) is 0 Å². The number of para-hydroxylation sites is 1. The van der Waals surface area contributed by atoms with E-state index in [0.29, 0.717) is 10.7 Å². The molecular weight excluding hydrogens is 364 g/mol. The molecule has 22 heavy (non-hydrogen) atoms. The summed E-state index contributed by atoms with van der Waals surface area (Å²) in [6.07, 6.45) is 1.99. The zero-order valence-electron chi connectivity index (χ0n) is 11.9. The molecule has 1 unspecified atom stereocenters. The first-order chi connectivity index (χ1) is 10.6. The van der Waals surface area contributed by atoms with Crippen LogP contribution in [0.15, 0.2) is 53.0 Å². The van der Waals surface area contributed by atoms with Crippen molar-refractivity contribution in [2.45, 2.75) is 18.9 Å². The van der Waals surface area contributed by atoms with Gasteiger partial charge in [0.2, 0.25) is 0 Å². The fourth-order valence-corrected chi connectivity index (χ4v) is 3.24. The third-order valence-corrected chi connectivity index (χ3v) is 4.74. The smallest absolute Gasteiger partial charge is 0.317 e. The van der Waals surface area contributed by atoms with Crippen LogP contribution in [0.25, 0.3) is 0 Å². The van der Waals surface area contributed by atoms with Gasteiger partial charge in [-0.2, -0.15) is 0 Å². The van der Waals surface area contributed by atoms with E-state index >= 15 is 0 Å². The molecule has 0 aromatic heterocycles. The number of anilines is 1. The Morgan fingerprint density at radius 3 is 2.64 bits per heavy atom. The minimum absolute atomic E-state index is 0.0986. The molecule has 3 rings (SSSR count). The molecule has 114 valence electrons. The number of carbonyl (C=O) groups is 1. The largest absolute Gasteiger partial charge is 0.322 e. The molecule has 0 radical (unpaired) electrons. The highest BCUT2D eigenvalue weighted by atomic mass is 79.9. The molecule has 1 saturated heterocycles. The van der Waals surface area contributed by atoms with E-state index < -0.39 is 0 Å². The number of hydrogen-bond donors (Lipinski definition) is 1. The lowest BCUT2D eigenvalue weighted by Crippen LogP contribution is -2.34. The van der Waals surface area contributed by atoms with Crippen LogP contribution < -0.4 is 5.32 Å². The number of urea groups is 1.